The summed E-state index contributed by atoms with van der Waals surface area (Å²) in [5.74, 6) is 2.51. The van der Waals surface area contributed by atoms with Gasteiger partial charge in [0, 0.05) is 12.1 Å². The second kappa shape index (κ2) is 8.61. The van der Waals surface area contributed by atoms with Crippen LogP contribution in [0.15, 0.2) is 40.9 Å². The number of benzene rings is 2. The zero-order valence-corrected chi connectivity index (χ0v) is 22.2. The zero-order valence-electron chi connectivity index (χ0n) is 20.6. The van der Waals surface area contributed by atoms with E-state index >= 15 is 0 Å². The Morgan fingerprint density at radius 2 is 1.73 bits per heavy atom. The third kappa shape index (κ3) is 4.71. The van der Waals surface area contributed by atoms with Gasteiger partial charge in [0.05, 0.1) is 11.1 Å². The van der Waals surface area contributed by atoms with Gasteiger partial charge in [0.15, 0.2) is 11.5 Å². The standard InChI is InChI=1S/C29H38BrNO2/c1-5-32-25-11-21(10-24(30)26(25)33-16-23-9-7-6-8-20(23)2)15-31-29-14-22-12-27(3,18-29)17-28(4,13-22)19-29/h6-11,22,31H,5,12-19H2,1-4H3. The van der Waals surface area contributed by atoms with Crippen molar-refractivity contribution in [3.63, 3.8) is 0 Å². The van der Waals surface area contributed by atoms with Crippen LogP contribution in [0.5, 0.6) is 11.5 Å². The zero-order chi connectivity index (χ0) is 23.3. The van der Waals surface area contributed by atoms with Gasteiger partial charge < -0.3 is 14.8 Å². The lowest BCUT2D eigenvalue weighted by Gasteiger charge is -2.65. The molecule has 4 fully saturated rings. The van der Waals surface area contributed by atoms with E-state index in [1.165, 1.54) is 55.2 Å². The normalized spacial score (nSPS) is 32.2. The number of rotatable bonds is 8. The van der Waals surface area contributed by atoms with E-state index in [1.807, 2.05) is 6.92 Å². The van der Waals surface area contributed by atoms with Gasteiger partial charge in [0.1, 0.15) is 6.61 Å². The molecular weight excluding hydrogens is 474 g/mol. The van der Waals surface area contributed by atoms with E-state index < -0.39 is 0 Å². The first-order chi connectivity index (χ1) is 15.7. The minimum atomic E-state index is 0.293. The molecule has 2 aromatic rings. The van der Waals surface area contributed by atoms with Crippen LogP contribution in [0.2, 0.25) is 0 Å². The molecule has 0 aliphatic heterocycles. The fourth-order valence-corrected chi connectivity index (χ4v) is 8.59. The van der Waals surface area contributed by atoms with Crippen LogP contribution in [-0.2, 0) is 13.2 Å². The summed E-state index contributed by atoms with van der Waals surface area (Å²) < 4.78 is 13.2. The van der Waals surface area contributed by atoms with E-state index in [2.05, 4.69) is 78.4 Å². The second-order valence-corrected chi connectivity index (χ2v) is 12.7. The molecule has 178 valence electrons. The van der Waals surface area contributed by atoms with Crippen molar-refractivity contribution in [3.05, 3.63) is 57.6 Å². The number of halogens is 1. The van der Waals surface area contributed by atoms with Gasteiger partial charge in [-0.15, -0.1) is 0 Å². The Balaban J connectivity index is 1.33. The third-order valence-corrected chi connectivity index (χ3v) is 8.89. The first-order valence-electron chi connectivity index (χ1n) is 12.6. The molecule has 0 spiro atoms. The molecule has 6 rings (SSSR count). The molecule has 2 aromatic carbocycles. The first-order valence-corrected chi connectivity index (χ1v) is 13.4. The minimum Gasteiger partial charge on any atom is -0.490 e. The minimum absolute atomic E-state index is 0.293. The van der Waals surface area contributed by atoms with Crippen LogP contribution in [0.4, 0.5) is 0 Å². The maximum Gasteiger partial charge on any atom is 0.175 e. The maximum absolute atomic E-state index is 6.26. The Hall–Kier alpha value is -1.52. The Morgan fingerprint density at radius 1 is 1.00 bits per heavy atom. The van der Waals surface area contributed by atoms with Crippen molar-refractivity contribution >= 4 is 15.9 Å². The molecule has 2 atom stereocenters. The summed E-state index contributed by atoms with van der Waals surface area (Å²) in [4.78, 5) is 0. The molecule has 0 amide bonds. The average Bonchev–Trinajstić information content (AvgIpc) is 2.70. The predicted octanol–water partition coefficient (Wildman–Crippen LogP) is 7.57. The molecule has 4 aliphatic carbocycles. The van der Waals surface area contributed by atoms with E-state index in [1.54, 1.807) is 0 Å². The van der Waals surface area contributed by atoms with E-state index in [0.717, 1.165) is 28.4 Å². The maximum atomic E-state index is 6.26. The largest absolute Gasteiger partial charge is 0.490 e. The molecule has 33 heavy (non-hydrogen) atoms. The highest BCUT2D eigenvalue weighted by Gasteiger charge is 2.59. The molecule has 0 aromatic heterocycles. The van der Waals surface area contributed by atoms with Crippen LogP contribution >= 0.6 is 15.9 Å². The summed E-state index contributed by atoms with van der Waals surface area (Å²) in [7, 11) is 0. The molecule has 4 bridgehead atoms. The number of ether oxygens (including phenoxy) is 2. The molecule has 1 N–H and O–H groups in total. The highest BCUT2D eigenvalue weighted by molar-refractivity contribution is 9.10. The molecule has 0 heterocycles. The molecule has 4 heteroatoms. The number of hydrogen-bond donors (Lipinski definition) is 1. The average molecular weight is 513 g/mol. The second-order valence-electron chi connectivity index (χ2n) is 11.8. The van der Waals surface area contributed by atoms with Crippen molar-refractivity contribution in [1.82, 2.24) is 5.32 Å². The third-order valence-electron chi connectivity index (χ3n) is 8.30. The van der Waals surface area contributed by atoms with E-state index in [-0.39, 0.29) is 0 Å². The van der Waals surface area contributed by atoms with Crippen LogP contribution in [0.25, 0.3) is 0 Å². The number of aryl methyl sites for hydroxylation is 1. The Labute approximate surface area is 207 Å². The van der Waals surface area contributed by atoms with Gasteiger partial charge in [0.2, 0.25) is 0 Å². The fourth-order valence-electron chi connectivity index (χ4n) is 7.98. The summed E-state index contributed by atoms with van der Waals surface area (Å²) in [6, 6.07) is 12.7. The summed E-state index contributed by atoms with van der Waals surface area (Å²) in [5.41, 5.74) is 5.02. The fraction of sp³-hybridized carbons (Fsp3) is 0.586. The van der Waals surface area contributed by atoms with Crippen LogP contribution in [-0.4, -0.2) is 12.1 Å². The van der Waals surface area contributed by atoms with E-state index in [4.69, 9.17) is 9.47 Å². The molecular formula is C29H38BrNO2. The van der Waals surface area contributed by atoms with Crippen molar-refractivity contribution in [3.8, 4) is 11.5 Å². The summed E-state index contributed by atoms with van der Waals surface area (Å²) in [6.45, 7) is 11.2. The van der Waals surface area contributed by atoms with Crippen LogP contribution in [0, 0.1) is 23.7 Å². The topological polar surface area (TPSA) is 30.5 Å². The van der Waals surface area contributed by atoms with Gasteiger partial charge in [-0.3, -0.25) is 0 Å². The van der Waals surface area contributed by atoms with Gasteiger partial charge in [0.25, 0.3) is 0 Å². The molecule has 4 saturated carbocycles. The van der Waals surface area contributed by atoms with Crippen molar-refractivity contribution in [2.45, 2.75) is 84.9 Å². The molecule has 0 radical (unpaired) electrons. The van der Waals surface area contributed by atoms with E-state index in [0.29, 0.717) is 29.6 Å². The lowest BCUT2D eigenvalue weighted by molar-refractivity contribution is -0.118. The van der Waals surface area contributed by atoms with Gasteiger partial charge in [-0.2, -0.15) is 0 Å². The SMILES string of the molecule is CCOc1cc(CNC23CC4CC(C)(CC(C)(C4)C2)C3)cc(Br)c1OCc1ccccc1C. The quantitative estimate of drug-likeness (QED) is 0.396. The van der Waals surface area contributed by atoms with Gasteiger partial charge >= 0.3 is 0 Å². The van der Waals surface area contributed by atoms with Gasteiger partial charge in [-0.25, -0.2) is 0 Å². The summed E-state index contributed by atoms with van der Waals surface area (Å²) in [6.07, 6.45) is 8.26. The van der Waals surface area contributed by atoms with Crippen LogP contribution in [0.1, 0.15) is 76.0 Å². The van der Waals surface area contributed by atoms with Crippen molar-refractivity contribution < 1.29 is 9.47 Å². The summed E-state index contributed by atoms with van der Waals surface area (Å²) in [5, 5.41) is 4.06. The van der Waals surface area contributed by atoms with E-state index in [9.17, 15) is 0 Å². The van der Waals surface area contributed by atoms with Crippen LogP contribution < -0.4 is 14.8 Å². The van der Waals surface area contributed by atoms with Crippen molar-refractivity contribution in [2.24, 2.45) is 16.7 Å². The predicted molar refractivity (Wildman–Crippen MR) is 138 cm³/mol. The molecule has 2 unspecified atom stereocenters. The molecule has 0 saturated heterocycles. The van der Waals surface area contributed by atoms with Crippen molar-refractivity contribution in [1.29, 1.82) is 0 Å². The van der Waals surface area contributed by atoms with Crippen molar-refractivity contribution in [2.75, 3.05) is 6.61 Å². The first kappa shape index (κ1) is 23.2. The Kier molecular flexibility index (Phi) is 6.06. The number of hydrogen-bond acceptors (Lipinski definition) is 3. The summed E-state index contributed by atoms with van der Waals surface area (Å²) >= 11 is 3.78. The number of nitrogens with one attached hydrogen (secondary N) is 1. The smallest absolute Gasteiger partial charge is 0.175 e. The highest BCUT2D eigenvalue weighted by atomic mass is 79.9. The lowest BCUT2D eigenvalue weighted by Crippen LogP contribution is -2.63. The van der Waals surface area contributed by atoms with Crippen LogP contribution in [0.3, 0.4) is 0 Å². The monoisotopic (exact) mass is 511 g/mol. The molecule has 3 nitrogen and oxygen atoms in total. The Morgan fingerprint density at radius 3 is 2.39 bits per heavy atom. The highest BCUT2D eigenvalue weighted by Crippen LogP contribution is 2.66. The lowest BCUT2D eigenvalue weighted by atomic mass is 9.43. The van der Waals surface area contributed by atoms with Gasteiger partial charge in [-0.05, 0) is 114 Å². The van der Waals surface area contributed by atoms with Gasteiger partial charge in [-0.1, -0.05) is 38.1 Å². The molecule has 4 aliphatic rings. The Bertz CT molecular complexity index is 1020.